The number of hydrogen-bond acceptors (Lipinski definition) is 7. The van der Waals surface area contributed by atoms with Gasteiger partial charge in [0.15, 0.2) is 11.5 Å². The summed E-state index contributed by atoms with van der Waals surface area (Å²) >= 11 is 0. The fraction of sp³-hybridized carbons (Fsp3) is 0.240. The summed E-state index contributed by atoms with van der Waals surface area (Å²) in [6.45, 7) is 5.17. The number of aromatic nitrogens is 5. The Morgan fingerprint density at radius 1 is 1.09 bits per heavy atom. The molecular formula is C25H25N7O2. The fourth-order valence-corrected chi connectivity index (χ4v) is 4.36. The first-order chi connectivity index (χ1) is 16.7. The van der Waals surface area contributed by atoms with Crippen LogP contribution in [-0.4, -0.2) is 57.7 Å². The van der Waals surface area contributed by atoms with Gasteiger partial charge in [-0.3, -0.25) is 9.38 Å². The summed E-state index contributed by atoms with van der Waals surface area (Å²) in [5, 5.41) is 3.46. The molecule has 1 saturated heterocycles. The van der Waals surface area contributed by atoms with Gasteiger partial charge in [-0.25, -0.2) is 9.97 Å². The number of pyridine rings is 1. The lowest BCUT2D eigenvalue weighted by molar-refractivity contribution is 0.122. The smallest absolute Gasteiger partial charge is 0.180 e. The maximum absolute atomic E-state index is 5.72. The van der Waals surface area contributed by atoms with Crippen molar-refractivity contribution in [3.63, 3.8) is 0 Å². The number of ether oxygens (including phenoxy) is 2. The first kappa shape index (κ1) is 20.5. The highest BCUT2D eigenvalue weighted by Gasteiger charge is 2.17. The van der Waals surface area contributed by atoms with Gasteiger partial charge in [0.1, 0.15) is 5.75 Å². The van der Waals surface area contributed by atoms with Crippen LogP contribution in [0.5, 0.6) is 5.75 Å². The number of anilines is 3. The zero-order valence-corrected chi connectivity index (χ0v) is 19.1. The van der Waals surface area contributed by atoms with E-state index in [2.05, 4.69) is 37.3 Å². The molecular weight excluding hydrogens is 430 g/mol. The Labute approximate surface area is 196 Å². The Balaban J connectivity index is 1.39. The van der Waals surface area contributed by atoms with Crippen LogP contribution in [0.3, 0.4) is 0 Å². The summed E-state index contributed by atoms with van der Waals surface area (Å²) in [5.74, 6) is 1.47. The highest BCUT2D eigenvalue weighted by atomic mass is 16.5. The number of nitrogens with zero attached hydrogens (tertiary/aromatic N) is 5. The summed E-state index contributed by atoms with van der Waals surface area (Å²) < 4.78 is 13.3. The van der Waals surface area contributed by atoms with Crippen molar-refractivity contribution in [1.29, 1.82) is 0 Å². The highest BCUT2D eigenvalue weighted by molar-refractivity contribution is 5.81. The van der Waals surface area contributed by atoms with Crippen LogP contribution in [0.2, 0.25) is 0 Å². The second-order valence-corrected chi connectivity index (χ2v) is 8.31. The zero-order valence-electron chi connectivity index (χ0n) is 19.1. The van der Waals surface area contributed by atoms with Crippen LogP contribution in [0.15, 0.2) is 55.1 Å². The molecule has 1 aromatic carbocycles. The first-order valence-electron chi connectivity index (χ1n) is 11.3. The molecule has 0 unspecified atom stereocenters. The number of hydrogen-bond donors (Lipinski definition) is 2. The lowest BCUT2D eigenvalue weighted by Crippen LogP contribution is -2.36. The molecule has 9 nitrogen and oxygen atoms in total. The molecule has 0 amide bonds. The van der Waals surface area contributed by atoms with Crippen LogP contribution in [0, 0.1) is 6.92 Å². The van der Waals surface area contributed by atoms with E-state index in [9.17, 15) is 0 Å². The third-order valence-electron chi connectivity index (χ3n) is 6.17. The number of morpholine rings is 1. The van der Waals surface area contributed by atoms with Crippen LogP contribution in [0.25, 0.3) is 27.9 Å². The van der Waals surface area contributed by atoms with E-state index in [0.717, 1.165) is 77.1 Å². The number of nitrogens with one attached hydrogen (secondary N) is 2. The van der Waals surface area contributed by atoms with Crippen molar-refractivity contribution in [1.82, 2.24) is 24.3 Å². The Hall–Kier alpha value is -4.11. The number of methoxy groups -OCH3 is 1. The summed E-state index contributed by atoms with van der Waals surface area (Å²) in [7, 11) is 1.70. The van der Waals surface area contributed by atoms with Crippen LogP contribution in [0.1, 0.15) is 5.69 Å². The van der Waals surface area contributed by atoms with E-state index in [0.29, 0.717) is 5.82 Å². The second-order valence-electron chi connectivity index (χ2n) is 8.31. The normalized spacial score (nSPS) is 14.1. The molecule has 34 heavy (non-hydrogen) atoms. The lowest BCUT2D eigenvalue weighted by atomic mass is 10.2. The van der Waals surface area contributed by atoms with Gasteiger partial charge in [0.2, 0.25) is 0 Å². The van der Waals surface area contributed by atoms with Crippen LogP contribution in [0.4, 0.5) is 17.2 Å². The molecule has 5 aromatic rings. The Bertz CT molecular complexity index is 1480. The minimum Gasteiger partial charge on any atom is -0.495 e. The number of rotatable bonds is 5. The summed E-state index contributed by atoms with van der Waals surface area (Å²) in [6.07, 6.45) is 7.58. The van der Waals surface area contributed by atoms with Gasteiger partial charge in [0, 0.05) is 60.9 Å². The number of fused-ring (bicyclic) bond motifs is 2. The molecule has 0 saturated carbocycles. The van der Waals surface area contributed by atoms with Crippen molar-refractivity contribution < 1.29 is 9.47 Å². The maximum atomic E-state index is 5.72. The van der Waals surface area contributed by atoms with Gasteiger partial charge in [-0.15, -0.1) is 0 Å². The number of H-pyrrole nitrogens is 1. The number of aryl methyl sites for hydroxylation is 1. The Kier molecular flexibility index (Phi) is 5.03. The Morgan fingerprint density at radius 2 is 1.97 bits per heavy atom. The van der Waals surface area contributed by atoms with Crippen molar-refractivity contribution in [3.8, 4) is 17.0 Å². The molecule has 9 heteroatoms. The van der Waals surface area contributed by atoms with E-state index in [1.54, 1.807) is 7.11 Å². The topological polar surface area (TPSA) is 92.6 Å². The van der Waals surface area contributed by atoms with Gasteiger partial charge in [0.05, 0.1) is 42.7 Å². The molecule has 1 fully saturated rings. The molecule has 172 valence electrons. The third-order valence-corrected chi connectivity index (χ3v) is 6.17. The minimum atomic E-state index is 0.665. The van der Waals surface area contributed by atoms with E-state index in [-0.39, 0.29) is 0 Å². The number of imidazole rings is 1. The molecule has 0 radical (unpaired) electrons. The SMILES string of the molecule is COc1cc(Nc2nc(-c3cnc4cc[nH]c4c3)cn3c(C)cnc23)ccc1N1CCOCC1. The largest absolute Gasteiger partial charge is 0.495 e. The van der Waals surface area contributed by atoms with Gasteiger partial charge < -0.3 is 24.7 Å². The molecule has 0 spiro atoms. The molecule has 1 aliphatic heterocycles. The van der Waals surface area contributed by atoms with Crippen molar-refractivity contribution in [2.24, 2.45) is 0 Å². The van der Waals surface area contributed by atoms with Gasteiger partial charge >= 0.3 is 0 Å². The molecule has 4 aromatic heterocycles. The van der Waals surface area contributed by atoms with E-state index in [1.165, 1.54) is 0 Å². The lowest BCUT2D eigenvalue weighted by Gasteiger charge is -2.30. The third kappa shape index (κ3) is 3.60. The van der Waals surface area contributed by atoms with Crippen molar-refractivity contribution in [2.75, 3.05) is 43.6 Å². The summed E-state index contributed by atoms with van der Waals surface area (Å²) in [4.78, 5) is 19.6. The molecule has 0 atom stereocenters. The van der Waals surface area contributed by atoms with Crippen molar-refractivity contribution >= 4 is 33.9 Å². The quantitative estimate of drug-likeness (QED) is 0.411. The van der Waals surface area contributed by atoms with Gasteiger partial charge in [-0.1, -0.05) is 0 Å². The number of aromatic amines is 1. The molecule has 0 aliphatic carbocycles. The monoisotopic (exact) mass is 455 g/mol. The second kappa shape index (κ2) is 8.35. The summed E-state index contributed by atoms with van der Waals surface area (Å²) in [5.41, 5.74) is 7.34. The molecule has 0 bridgehead atoms. The predicted octanol–water partition coefficient (Wildman–Crippen LogP) is 4.17. The Morgan fingerprint density at radius 3 is 2.82 bits per heavy atom. The maximum Gasteiger partial charge on any atom is 0.180 e. The van der Waals surface area contributed by atoms with Crippen molar-refractivity contribution in [2.45, 2.75) is 6.92 Å². The van der Waals surface area contributed by atoms with Gasteiger partial charge in [0.25, 0.3) is 0 Å². The number of benzene rings is 1. The molecule has 2 N–H and O–H groups in total. The van der Waals surface area contributed by atoms with Gasteiger partial charge in [-0.2, -0.15) is 0 Å². The van der Waals surface area contributed by atoms with E-state index in [4.69, 9.17) is 14.5 Å². The van der Waals surface area contributed by atoms with Crippen LogP contribution >= 0.6 is 0 Å². The predicted molar refractivity (Wildman–Crippen MR) is 132 cm³/mol. The minimum absolute atomic E-state index is 0.665. The standard InChI is InChI=1S/C25H25N7O2/c1-16-13-28-25-24(29-18-3-4-22(23(12-18)33-2)31-7-9-34-10-8-31)30-21(15-32(16)25)17-11-20-19(27-14-17)5-6-26-20/h3-6,11-15,26H,7-10H2,1-2H3,(H,29,30). The highest BCUT2D eigenvalue weighted by Crippen LogP contribution is 2.34. The average molecular weight is 456 g/mol. The zero-order chi connectivity index (χ0) is 23.1. The average Bonchev–Trinajstić information content (AvgIpc) is 3.50. The van der Waals surface area contributed by atoms with E-state index >= 15 is 0 Å². The molecule has 5 heterocycles. The van der Waals surface area contributed by atoms with Gasteiger partial charge in [-0.05, 0) is 31.2 Å². The summed E-state index contributed by atoms with van der Waals surface area (Å²) in [6, 6.07) is 10.1. The first-order valence-corrected chi connectivity index (χ1v) is 11.3. The van der Waals surface area contributed by atoms with Crippen molar-refractivity contribution in [3.05, 3.63) is 60.8 Å². The molecule has 6 rings (SSSR count). The van der Waals surface area contributed by atoms with E-state index < -0.39 is 0 Å². The van der Waals surface area contributed by atoms with Crippen LogP contribution < -0.4 is 15.0 Å². The van der Waals surface area contributed by atoms with Crippen LogP contribution in [-0.2, 0) is 4.74 Å². The molecule has 1 aliphatic rings. The fourth-order valence-electron chi connectivity index (χ4n) is 4.36. The van der Waals surface area contributed by atoms with E-state index in [1.807, 2.05) is 54.3 Å².